The molecule has 4 N–H and O–H groups in total. The second-order valence-electron chi connectivity index (χ2n) is 8.42. The number of aromatic nitrogens is 1. The molecule has 5 atom stereocenters. The Bertz CT molecular complexity index is 1370. The van der Waals surface area contributed by atoms with E-state index in [9.17, 15) is 25.7 Å². The number of pyridine rings is 1. The van der Waals surface area contributed by atoms with Gasteiger partial charge in [-0.1, -0.05) is 60.2 Å². The van der Waals surface area contributed by atoms with E-state index in [-0.39, 0.29) is 10.2 Å². The predicted molar refractivity (Wildman–Crippen MR) is 128 cm³/mol. The number of fused-ring (bicyclic) bond motifs is 3. The van der Waals surface area contributed by atoms with Crippen molar-refractivity contribution in [2.45, 2.75) is 37.1 Å². The molecule has 7 nitrogen and oxygen atoms in total. The average Bonchev–Trinajstić information content (AvgIpc) is 3.22. The van der Waals surface area contributed by atoms with Gasteiger partial charge in [0.25, 0.3) is 0 Å². The normalized spacial score (nSPS) is 25.5. The Balaban J connectivity index is 1.83. The minimum atomic E-state index is -1.58. The molecule has 0 radical (unpaired) electrons. The molecule has 9 heteroatoms. The highest BCUT2D eigenvalue weighted by molar-refractivity contribution is 7.71. The molecule has 1 fully saturated rings. The van der Waals surface area contributed by atoms with Gasteiger partial charge in [0.05, 0.1) is 17.9 Å². The Hall–Kier alpha value is -2.61. The summed E-state index contributed by atoms with van der Waals surface area (Å²) in [5.41, 5.74) is 5.03. The molecular weight excluding hydrogens is 476 g/mol. The average molecular weight is 497 g/mol. The third-order valence-electron chi connectivity index (χ3n) is 6.52. The van der Waals surface area contributed by atoms with Gasteiger partial charge in [-0.2, -0.15) is 5.26 Å². The van der Waals surface area contributed by atoms with Crippen LogP contribution in [0.25, 0.3) is 22.4 Å². The van der Waals surface area contributed by atoms with Crippen LogP contribution in [-0.4, -0.2) is 56.0 Å². The van der Waals surface area contributed by atoms with Crippen LogP contribution in [0.3, 0.4) is 0 Å². The van der Waals surface area contributed by atoms with Gasteiger partial charge in [0.15, 0.2) is 6.23 Å². The molecule has 2 heterocycles. The fourth-order valence-electron chi connectivity index (χ4n) is 4.88. The second kappa shape index (κ2) is 8.87. The van der Waals surface area contributed by atoms with Crippen LogP contribution in [0.5, 0.6) is 0 Å². The van der Waals surface area contributed by atoms with Gasteiger partial charge in [0.1, 0.15) is 35.1 Å². The molecule has 2 aliphatic rings. The molecule has 0 unspecified atom stereocenters. The van der Waals surface area contributed by atoms with E-state index < -0.39 is 37.3 Å². The van der Waals surface area contributed by atoms with Crippen molar-refractivity contribution in [2.75, 3.05) is 6.61 Å². The number of halogens is 1. The van der Waals surface area contributed by atoms with Gasteiger partial charge < -0.3 is 29.7 Å². The van der Waals surface area contributed by atoms with Crippen molar-refractivity contribution < 1.29 is 25.2 Å². The number of hydrogen-bond donors (Lipinski definition) is 4. The van der Waals surface area contributed by atoms with Crippen LogP contribution in [0.4, 0.5) is 0 Å². The molecule has 0 amide bonds. The first-order valence-electron chi connectivity index (χ1n) is 10.7. The minimum Gasteiger partial charge on any atom is -0.394 e. The Kier molecular flexibility index (Phi) is 6.04. The van der Waals surface area contributed by atoms with E-state index >= 15 is 0 Å². The largest absolute Gasteiger partial charge is 0.394 e. The van der Waals surface area contributed by atoms with Gasteiger partial charge in [0, 0.05) is 22.6 Å². The topological polar surface area (TPSA) is 119 Å². The summed E-state index contributed by atoms with van der Waals surface area (Å²) in [6.07, 6.45) is -6.45. The predicted octanol–water partition coefficient (Wildman–Crippen LogP) is 2.95. The van der Waals surface area contributed by atoms with E-state index in [2.05, 4.69) is 6.07 Å². The number of rotatable bonds is 3. The van der Waals surface area contributed by atoms with Crippen molar-refractivity contribution >= 4 is 23.8 Å². The Morgan fingerprint density at radius 1 is 1.06 bits per heavy atom. The van der Waals surface area contributed by atoms with Gasteiger partial charge in [-0.3, -0.25) is 0 Å². The zero-order valence-electron chi connectivity index (χ0n) is 17.8. The van der Waals surface area contributed by atoms with Crippen molar-refractivity contribution in [3.63, 3.8) is 0 Å². The number of hydrogen-bond acceptors (Lipinski definition) is 7. The third kappa shape index (κ3) is 3.49. The van der Waals surface area contributed by atoms with Gasteiger partial charge in [-0.25, -0.2) is 0 Å². The highest BCUT2D eigenvalue weighted by Gasteiger charge is 2.46. The number of nitriles is 1. The Morgan fingerprint density at radius 2 is 1.76 bits per heavy atom. The lowest BCUT2D eigenvalue weighted by molar-refractivity contribution is -0.251. The van der Waals surface area contributed by atoms with E-state index in [1.807, 2.05) is 36.4 Å². The summed E-state index contributed by atoms with van der Waals surface area (Å²) in [6, 6.07) is 17.1. The van der Waals surface area contributed by atoms with Crippen molar-refractivity contribution in [3.05, 3.63) is 74.9 Å². The monoisotopic (exact) mass is 496 g/mol. The lowest BCUT2D eigenvalue weighted by Crippen LogP contribution is -2.56. The summed E-state index contributed by atoms with van der Waals surface area (Å²) in [6.45, 7) is -0.568. The molecule has 3 aromatic rings. The Labute approximate surface area is 205 Å². The van der Waals surface area contributed by atoms with Gasteiger partial charge in [0.2, 0.25) is 0 Å². The molecule has 1 aliphatic heterocycles. The molecule has 1 aromatic heterocycles. The van der Waals surface area contributed by atoms with E-state index in [1.165, 1.54) is 4.57 Å². The van der Waals surface area contributed by atoms with Crippen molar-refractivity contribution in [3.8, 4) is 28.5 Å². The summed E-state index contributed by atoms with van der Waals surface area (Å²) in [5.74, 6) is 0. The molecule has 0 bridgehead atoms. The fraction of sp³-hybridized carbons (Fsp3) is 0.280. The molecule has 34 heavy (non-hydrogen) atoms. The number of aliphatic hydroxyl groups is 4. The standard InChI is InChI=1S/C25H21ClN2O5S/c26-14-7-5-12(6-8-14)19-16-9-13-3-1-2-4-15(13)20(16)28(25(34)17(19)10-27)24-23(32)22(31)21(30)18(11-29)33-24/h1-8,18,21-24,29-32H,9,11H2/t18-,21+,22+,23-,24-/m1/s1. The first-order chi connectivity index (χ1) is 16.4. The minimum absolute atomic E-state index is 0.118. The number of aliphatic hydroxyl groups excluding tert-OH is 4. The summed E-state index contributed by atoms with van der Waals surface area (Å²) in [7, 11) is 0. The summed E-state index contributed by atoms with van der Waals surface area (Å²) < 4.78 is 7.51. The lowest BCUT2D eigenvalue weighted by Gasteiger charge is -2.41. The van der Waals surface area contributed by atoms with Crippen LogP contribution in [0.2, 0.25) is 5.02 Å². The first-order valence-corrected chi connectivity index (χ1v) is 11.5. The van der Waals surface area contributed by atoms with Crippen LogP contribution < -0.4 is 0 Å². The SMILES string of the molecule is N#Cc1c(-c2ccc(Cl)cc2)c2c(n([C@@H]3O[C@H](CO)[C@H](O)[C@H](O)[C@H]3O)c1=S)-c1ccccc1C2. The molecular formula is C25H21ClN2O5S. The third-order valence-corrected chi connectivity index (χ3v) is 7.17. The van der Waals surface area contributed by atoms with Gasteiger partial charge in [-0.05, 0) is 28.8 Å². The van der Waals surface area contributed by atoms with Gasteiger partial charge >= 0.3 is 0 Å². The molecule has 1 saturated heterocycles. The van der Waals surface area contributed by atoms with E-state index in [1.54, 1.807) is 12.1 Å². The zero-order chi connectivity index (χ0) is 24.1. The quantitative estimate of drug-likeness (QED) is 0.322. The van der Waals surface area contributed by atoms with E-state index in [4.69, 9.17) is 28.6 Å². The fourth-order valence-corrected chi connectivity index (χ4v) is 5.35. The molecule has 0 spiro atoms. The van der Waals surface area contributed by atoms with Crippen LogP contribution in [0.1, 0.15) is 22.9 Å². The van der Waals surface area contributed by atoms with Gasteiger partial charge in [-0.15, -0.1) is 0 Å². The van der Waals surface area contributed by atoms with Crippen LogP contribution in [0, 0.1) is 16.0 Å². The highest BCUT2D eigenvalue weighted by atomic mass is 35.5. The molecule has 5 rings (SSSR count). The number of ether oxygens (including phenoxy) is 1. The first kappa shape index (κ1) is 23.1. The number of benzene rings is 2. The summed E-state index contributed by atoms with van der Waals surface area (Å²) >= 11 is 11.9. The Morgan fingerprint density at radius 3 is 2.44 bits per heavy atom. The lowest BCUT2D eigenvalue weighted by atomic mass is 9.93. The van der Waals surface area contributed by atoms with Crippen molar-refractivity contribution in [1.29, 1.82) is 5.26 Å². The van der Waals surface area contributed by atoms with E-state index in [0.717, 1.165) is 22.3 Å². The zero-order valence-corrected chi connectivity index (χ0v) is 19.4. The summed E-state index contributed by atoms with van der Waals surface area (Å²) in [4.78, 5) is 0. The van der Waals surface area contributed by atoms with E-state index in [0.29, 0.717) is 22.7 Å². The maximum atomic E-state index is 10.9. The molecule has 0 saturated carbocycles. The smallest absolute Gasteiger partial charge is 0.164 e. The summed E-state index contributed by atoms with van der Waals surface area (Å²) in [5, 5.41) is 52.0. The second-order valence-corrected chi connectivity index (χ2v) is 9.25. The highest BCUT2D eigenvalue weighted by Crippen LogP contribution is 2.46. The molecule has 1 aliphatic carbocycles. The van der Waals surface area contributed by atoms with Crippen molar-refractivity contribution in [2.24, 2.45) is 0 Å². The number of nitrogens with zero attached hydrogens (tertiary/aromatic N) is 2. The maximum Gasteiger partial charge on any atom is 0.164 e. The molecule has 174 valence electrons. The maximum absolute atomic E-state index is 10.9. The van der Waals surface area contributed by atoms with Crippen molar-refractivity contribution in [1.82, 2.24) is 4.57 Å². The van der Waals surface area contributed by atoms with Crippen LogP contribution in [0.15, 0.2) is 48.5 Å². The van der Waals surface area contributed by atoms with Crippen LogP contribution >= 0.6 is 23.8 Å². The molecule has 2 aromatic carbocycles. The van der Waals surface area contributed by atoms with Crippen LogP contribution in [-0.2, 0) is 11.2 Å².